The van der Waals surface area contributed by atoms with Gasteiger partial charge in [-0.1, -0.05) is 24.3 Å². The van der Waals surface area contributed by atoms with Gasteiger partial charge in [-0.05, 0) is 84.8 Å². The zero-order valence-corrected chi connectivity index (χ0v) is 18.8. The van der Waals surface area contributed by atoms with Crippen LogP contribution >= 0.6 is 0 Å². The average Bonchev–Trinajstić information content (AvgIpc) is 3.14. The van der Waals surface area contributed by atoms with Gasteiger partial charge >= 0.3 is 0 Å². The lowest BCUT2D eigenvalue weighted by molar-refractivity contribution is -0.132. The number of aryl methyl sites for hydroxylation is 2. The van der Waals surface area contributed by atoms with Gasteiger partial charge < -0.3 is 9.84 Å². The highest BCUT2D eigenvalue weighted by Gasteiger charge is 2.47. The molecule has 3 aromatic rings. The third kappa shape index (κ3) is 3.75. The summed E-state index contributed by atoms with van der Waals surface area (Å²) < 4.78 is 18.9. The normalized spacial score (nSPS) is 19.2. The molecule has 1 saturated heterocycles. The molecular weight excluding hydrogens is 433 g/mol. The quantitative estimate of drug-likeness (QED) is 0.326. The van der Waals surface area contributed by atoms with Crippen molar-refractivity contribution in [1.82, 2.24) is 0 Å². The summed E-state index contributed by atoms with van der Waals surface area (Å²) in [4.78, 5) is 27.8. The molecule has 1 atom stereocenters. The van der Waals surface area contributed by atoms with Gasteiger partial charge in [-0.15, -0.1) is 0 Å². The maximum Gasteiger partial charge on any atom is 0.300 e. The van der Waals surface area contributed by atoms with Crippen LogP contribution in [0.5, 0.6) is 5.75 Å². The second-order valence-corrected chi connectivity index (χ2v) is 8.61. The SMILES string of the molecule is COc1cccc(C2/C(=C(/O)c3ccc4c(c3)CCCC4)C(=O)C(=O)N2c2ccc(F)cc2)c1. The van der Waals surface area contributed by atoms with Crippen LogP contribution in [0.3, 0.4) is 0 Å². The number of nitrogens with zero attached hydrogens (tertiary/aromatic N) is 1. The summed E-state index contributed by atoms with van der Waals surface area (Å²) in [6, 6.07) is 17.2. The summed E-state index contributed by atoms with van der Waals surface area (Å²) in [5, 5.41) is 11.4. The number of amides is 1. The van der Waals surface area contributed by atoms with E-state index in [2.05, 4.69) is 0 Å². The summed E-state index contributed by atoms with van der Waals surface area (Å²) >= 11 is 0. The Hall–Kier alpha value is -3.93. The van der Waals surface area contributed by atoms with Gasteiger partial charge in [0.25, 0.3) is 11.7 Å². The van der Waals surface area contributed by atoms with E-state index >= 15 is 0 Å². The van der Waals surface area contributed by atoms with E-state index < -0.39 is 23.5 Å². The van der Waals surface area contributed by atoms with Gasteiger partial charge in [-0.2, -0.15) is 0 Å². The van der Waals surface area contributed by atoms with Crippen molar-refractivity contribution in [3.63, 3.8) is 0 Å². The van der Waals surface area contributed by atoms with Crippen molar-refractivity contribution in [2.24, 2.45) is 0 Å². The van der Waals surface area contributed by atoms with Crippen LogP contribution in [-0.2, 0) is 22.4 Å². The first kappa shape index (κ1) is 21.9. The molecule has 0 spiro atoms. The molecule has 0 radical (unpaired) electrons. The Morgan fingerprint density at radius 2 is 1.71 bits per heavy atom. The molecule has 1 heterocycles. The van der Waals surface area contributed by atoms with Crippen LogP contribution in [0.15, 0.2) is 72.3 Å². The number of halogens is 1. The highest BCUT2D eigenvalue weighted by atomic mass is 19.1. The maximum absolute atomic E-state index is 13.6. The van der Waals surface area contributed by atoms with Crippen molar-refractivity contribution in [3.8, 4) is 5.75 Å². The van der Waals surface area contributed by atoms with E-state index in [0.717, 1.165) is 31.2 Å². The molecule has 6 heteroatoms. The first-order valence-electron chi connectivity index (χ1n) is 11.3. The fraction of sp³-hybridized carbons (Fsp3) is 0.214. The Bertz CT molecular complexity index is 1310. The molecule has 172 valence electrons. The molecule has 0 saturated carbocycles. The molecule has 0 aromatic heterocycles. The van der Waals surface area contributed by atoms with E-state index in [1.807, 2.05) is 12.1 Å². The van der Waals surface area contributed by atoms with E-state index in [9.17, 15) is 19.1 Å². The molecule has 1 unspecified atom stereocenters. The minimum atomic E-state index is -0.892. The van der Waals surface area contributed by atoms with Crippen LogP contribution in [0.1, 0.15) is 41.1 Å². The Kier molecular flexibility index (Phi) is 5.65. The number of benzene rings is 3. The third-order valence-corrected chi connectivity index (χ3v) is 6.58. The van der Waals surface area contributed by atoms with Crippen LogP contribution in [0.25, 0.3) is 5.76 Å². The van der Waals surface area contributed by atoms with Crippen LogP contribution in [-0.4, -0.2) is 23.9 Å². The first-order valence-corrected chi connectivity index (χ1v) is 11.3. The number of rotatable bonds is 4. The monoisotopic (exact) mass is 457 g/mol. The molecule has 1 aliphatic heterocycles. The largest absolute Gasteiger partial charge is 0.507 e. The molecule has 34 heavy (non-hydrogen) atoms. The van der Waals surface area contributed by atoms with Gasteiger partial charge in [0.05, 0.1) is 18.7 Å². The molecule has 0 bridgehead atoms. The van der Waals surface area contributed by atoms with E-state index in [0.29, 0.717) is 22.6 Å². The zero-order chi connectivity index (χ0) is 23.8. The summed E-state index contributed by atoms with van der Waals surface area (Å²) in [6.45, 7) is 0. The Labute approximate surface area is 197 Å². The lowest BCUT2D eigenvalue weighted by Crippen LogP contribution is -2.29. The van der Waals surface area contributed by atoms with Crippen LogP contribution in [0.2, 0.25) is 0 Å². The second kappa shape index (κ2) is 8.78. The number of anilines is 1. The topological polar surface area (TPSA) is 66.8 Å². The number of ketones is 1. The lowest BCUT2D eigenvalue weighted by atomic mass is 9.88. The number of methoxy groups -OCH3 is 1. The predicted molar refractivity (Wildman–Crippen MR) is 127 cm³/mol. The molecule has 3 aromatic carbocycles. The number of Topliss-reactive ketones (excluding diaryl/α,β-unsaturated/α-hetero) is 1. The van der Waals surface area contributed by atoms with Crippen molar-refractivity contribution in [3.05, 3.63) is 100 Å². The number of fused-ring (bicyclic) bond motifs is 1. The van der Waals surface area contributed by atoms with E-state index in [4.69, 9.17) is 4.74 Å². The number of aliphatic hydroxyl groups excluding tert-OH is 1. The number of hydrogen-bond acceptors (Lipinski definition) is 4. The number of hydrogen-bond donors (Lipinski definition) is 1. The number of ether oxygens (including phenoxy) is 1. The minimum absolute atomic E-state index is 0.00154. The van der Waals surface area contributed by atoms with Gasteiger partial charge in [0.2, 0.25) is 0 Å². The molecule has 1 N–H and O–H groups in total. The van der Waals surface area contributed by atoms with Gasteiger partial charge in [0, 0.05) is 11.3 Å². The van der Waals surface area contributed by atoms with E-state index in [-0.39, 0.29) is 11.3 Å². The summed E-state index contributed by atoms with van der Waals surface area (Å²) in [5.74, 6) is -1.68. The fourth-order valence-corrected chi connectivity index (χ4v) is 4.86. The third-order valence-electron chi connectivity index (χ3n) is 6.58. The standard InChI is InChI=1S/C28H24FNO4/c1-34-23-8-4-7-19(16-23)25-24(26(31)20-10-9-17-5-2-3-6-18(17)15-20)27(32)28(33)30(25)22-13-11-21(29)12-14-22/h4,7-16,25,31H,2-3,5-6H2,1H3/b26-24-. The molecule has 2 aliphatic rings. The van der Waals surface area contributed by atoms with Crippen molar-refractivity contribution >= 4 is 23.1 Å². The summed E-state index contributed by atoms with van der Waals surface area (Å²) in [5.41, 5.74) is 3.87. The molecule has 1 amide bonds. The maximum atomic E-state index is 13.6. The molecule has 5 rings (SSSR count). The highest BCUT2D eigenvalue weighted by molar-refractivity contribution is 6.51. The zero-order valence-electron chi connectivity index (χ0n) is 18.8. The van der Waals surface area contributed by atoms with Crippen molar-refractivity contribution in [1.29, 1.82) is 0 Å². The summed E-state index contributed by atoms with van der Waals surface area (Å²) in [7, 11) is 1.53. The first-order chi connectivity index (χ1) is 16.5. The van der Waals surface area contributed by atoms with Crippen LogP contribution < -0.4 is 9.64 Å². The van der Waals surface area contributed by atoms with Crippen LogP contribution in [0.4, 0.5) is 10.1 Å². The van der Waals surface area contributed by atoms with Crippen LogP contribution in [0, 0.1) is 5.82 Å². The minimum Gasteiger partial charge on any atom is -0.507 e. The summed E-state index contributed by atoms with van der Waals surface area (Å²) in [6.07, 6.45) is 4.13. The number of carbonyl (C=O) groups is 2. The number of carbonyl (C=O) groups excluding carboxylic acids is 2. The van der Waals surface area contributed by atoms with Crippen molar-refractivity contribution < 1.29 is 23.8 Å². The molecular formula is C28H24FNO4. The van der Waals surface area contributed by atoms with E-state index in [1.165, 1.54) is 41.8 Å². The Morgan fingerprint density at radius 3 is 2.44 bits per heavy atom. The molecule has 1 fully saturated rings. The van der Waals surface area contributed by atoms with Gasteiger partial charge in [-0.25, -0.2) is 4.39 Å². The Balaban J connectivity index is 1.70. The smallest absolute Gasteiger partial charge is 0.300 e. The van der Waals surface area contributed by atoms with E-state index in [1.54, 1.807) is 30.3 Å². The predicted octanol–water partition coefficient (Wildman–Crippen LogP) is 5.34. The van der Waals surface area contributed by atoms with Gasteiger partial charge in [-0.3, -0.25) is 14.5 Å². The highest BCUT2D eigenvalue weighted by Crippen LogP contribution is 2.43. The van der Waals surface area contributed by atoms with Gasteiger partial charge in [0.1, 0.15) is 17.3 Å². The van der Waals surface area contributed by atoms with Crippen molar-refractivity contribution in [2.75, 3.05) is 12.0 Å². The average molecular weight is 458 g/mol. The van der Waals surface area contributed by atoms with Gasteiger partial charge in [0.15, 0.2) is 0 Å². The Morgan fingerprint density at radius 1 is 0.971 bits per heavy atom. The molecule has 1 aliphatic carbocycles. The van der Waals surface area contributed by atoms with Crippen molar-refractivity contribution in [2.45, 2.75) is 31.7 Å². The lowest BCUT2D eigenvalue weighted by Gasteiger charge is -2.26. The molecule has 5 nitrogen and oxygen atoms in total. The second-order valence-electron chi connectivity index (χ2n) is 8.61. The number of aliphatic hydroxyl groups is 1. The fourth-order valence-electron chi connectivity index (χ4n) is 4.86.